The van der Waals surface area contributed by atoms with Crippen molar-refractivity contribution in [2.45, 2.75) is 13.3 Å². The minimum Gasteiger partial charge on any atom is -0.491 e. The third kappa shape index (κ3) is 3.29. The van der Waals surface area contributed by atoms with Crippen LogP contribution in [0.4, 0.5) is 11.4 Å². The first-order valence-corrected chi connectivity index (χ1v) is 5.74. The molecule has 0 atom stereocenters. The summed E-state index contributed by atoms with van der Waals surface area (Å²) in [5.74, 6) is 0.593. The third-order valence-electron chi connectivity index (χ3n) is 2.37. The Labute approximate surface area is 107 Å². The lowest BCUT2D eigenvalue weighted by Gasteiger charge is -2.21. The number of rotatable bonds is 6. The van der Waals surface area contributed by atoms with E-state index in [0.29, 0.717) is 23.7 Å². The second-order valence-corrected chi connectivity index (χ2v) is 3.71. The molecule has 0 saturated carbocycles. The molecule has 0 bridgehead atoms. The van der Waals surface area contributed by atoms with Gasteiger partial charge in [-0.1, -0.05) is 13.0 Å². The number of nitrogens with zero attached hydrogens (tertiary/aromatic N) is 3. The molecule has 0 saturated heterocycles. The van der Waals surface area contributed by atoms with Gasteiger partial charge < -0.3 is 15.4 Å². The van der Waals surface area contributed by atoms with Gasteiger partial charge in [-0.3, -0.25) is 0 Å². The SMILES string of the molecule is CCCOc1cccc(N(CC#N)CC#N)c1N. The van der Waals surface area contributed by atoms with E-state index in [1.54, 1.807) is 23.1 Å². The summed E-state index contributed by atoms with van der Waals surface area (Å²) in [6.45, 7) is 2.84. The maximum Gasteiger partial charge on any atom is 0.144 e. The van der Waals surface area contributed by atoms with Crippen LogP contribution in [0.1, 0.15) is 13.3 Å². The van der Waals surface area contributed by atoms with Gasteiger partial charge in [0, 0.05) is 0 Å². The highest BCUT2D eigenvalue weighted by Crippen LogP contribution is 2.32. The number of anilines is 2. The Balaban J connectivity index is 3.00. The van der Waals surface area contributed by atoms with Gasteiger partial charge in [0.1, 0.15) is 18.8 Å². The predicted molar refractivity (Wildman–Crippen MR) is 70.1 cm³/mol. The molecule has 0 radical (unpaired) electrons. The van der Waals surface area contributed by atoms with Gasteiger partial charge >= 0.3 is 0 Å². The van der Waals surface area contributed by atoms with E-state index in [4.69, 9.17) is 21.0 Å². The molecule has 1 rings (SSSR count). The van der Waals surface area contributed by atoms with Crippen molar-refractivity contribution in [2.24, 2.45) is 0 Å². The highest BCUT2D eigenvalue weighted by atomic mass is 16.5. The number of hydrogen-bond acceptors (Lipinski definition) is 5. The fourth-order valence-corrected chi connectivity index (χ4v) is 1.54. The van der Waals surface area contributed by atoms with Crippen molar-refractivity contribution in [2.75, 3.05) is 30.3 Å². The second-order valence-electron chi connectivity index (χ2n) is 3.71. The summed E-state index contributed by atoms with van der Waals surface area (Å²) in [5.41, 5.74) is 7.13. The highest BCUT2D eigenvalue weighted by molar-refractivity contribution is 5.74. The number of nitrogen functional groups attached to an aromatic ring is 1. The van der Waals surface area contributed by atoms with Crippen molar-refractivity contribution in [3.05, 3.63) is 18.2 Å². The van der Waals surface area contributed by atoms with Gasteiger partial charge in [0.2, 0.25) is 0 Å². The fraction of sp³-hybridized carbons (Fsp3) is 0.385. The molecule has 1 aromatic rings. The van der Waals surface area contributed by atoms with Crippen molar-refractivity contribution in [3.8, 4) is 17.9 Å². The van der Waals surface area contributed by atoms with Crippen LogP contribution in [0.3, 0.4) is 0 Å². The summed E-state index contributed by atoms with van der Waals surface area (Å²) in [6, 6.07) is 9.41. The van der Waals surface area contributed by atoms with E-state index in [2.05, 4.69) is 0 Å². The van der Waals surface area contributed by atoms with Gasteiger partial charge in [-0.25, -0.2) is 0 Å². The molecule has 2 N–H and O–H groups in total. The molecule has 1 aromatic carbocycles. The molecule has 5 heteroatoms. The first kappa shape index (κ1) is 13.7. The Morgan fingerprint density at radius 2 is 1.94 bits per heavy atom. The number of nitrogens with two attached hydrogens (primary N) is 1. The number of nitriles is 2. The van der Waals surface area contributed by atoms with Crippen LogP contribution in [0.15, 0.2) is 18.2 Å². The van der Waals surface area contributed by atoms with Crippen LogP contribution in [-0.4, -0.2) is 19.7 Å². The van der Waals surface area contributed by atoms with Crippen molar-refractivity contribution in [1.29, 1.82) is 10.5 Å². The Hall–Kier alpha value is -2.40. The van der Waals surface area contributed by atoms with Crippen molar-refractivity contribution in [3.63, 3.8) is 0 Å². The van der Waals surface area contributed by atoms with Gasteiger partial charge in [0.15, 0.2) is 0 Å². The third-order valence-corrected chi connectivity index (χ3v) is 2.37. The van der Waals surface area contributed by atoms with Crippen LogP contribution in [-0.2, 0) is 0 Å². The lowest BCUT2D eigenvalue weighted by molar-refractivity contribution is 0.319. The highest BCUT2D eigenvalue weighted by Gasteiger charge is 2.12. The summed E-state index contributed by atoms with van der Waals surface area (Å²) < 4.78 is 5.52. The van der Waals surface area contributed by atoms with Gasteiger partial charge in [-0.05, 0) is 18.6 Å². The van der Waals surface area contributed by atoms with Crippen molar-refractivity contribution < 1.29 is 4.74 Å². The van der Waals surface area contributed by atoms with Crippen molar-refractivity contribution >= 4 is 11.4 Å². The number of benzene rings is 1. The van der Waals surface area contributed by atoms with Gasteiger partial charge in [0.05, 0.1) is 30.1 Å². The Kier molecular flexibility index (Phi) is 5.34. The van der Waals surface area contributed by atoms with E-state index in [-0.39, 0.29) is 13.1 Å². The standard InChI is InChI=1S/C13H16N4O/c1-2-10-18-12-5-3-4-11(13(12)16)17(8-6-14)9-7-15/h3-5H,2,8-10,16H2,1H3. The molecule has 0 fully saturated rings. The number of ether oxygens (including phenoxy) is 1. The zero-order valence-electron chi connectivity index (χ0n) is 10.4. The minimum atomic E-state index is 0.120. The topological polar surface area (TPSA) is 86.1 Å². The van der Waals surface area contributed by atoms with Crippen LogP contribution in [0.25, 0.3) is 0 Å². The van der Waals surface area contributed by atoms with Crippen molar-refractivity contribution in [1.82, 2.24) is 0 Å². The predicted octanol–water partition coefficient (Wildman–Crippen LogP) is 1.91. The number of para-hydroxylation sites is 1. The maximum atomic E-state index is 8.75. The largest absolute Gasteiger partial charge is 0.491 e. The zero-order valence-corrected chi connectivity index (χ0v) is 10.4. The van der Waals surface area contributed by atoms with E-state index in [9.17, 15) is 0 Å². The first-order chi connectivity index (χ1) is 8.74. The van der Waals surface area contributed by atoms with Gasteiger partial charge in [-0.2, -0.15) is 10.5 Å². The molecule has 0 spiro atoms. The first-order valence-electron chi connectivity index (χ1n) is 5.74. The molecule has 94 valence electrons. The smallest absolute Gasteiger partial charge is 0.144 e. The Morgan fingerprint density at radius 1 is 1.28 bits per heavy atom. The second kappa shape index (κ2) is 7.03. The van der Waals surface area contributed by atoms with Crippen LogP contribution in [0, 0.1) is 22.7 Å². The molecule has 0 aliphatic heterocycles. The summed E-state index contributed by atoms with van der Waals surface area (Å²) in [4.78, 5) is 1.62. The Bertz CT molecular complexity index is 457. The van der Waals surface area contributed by atoms with Gasteiger partial charge in [-0.15, -0.1) is 0 Å². The molecule has 18 heavy (non-hydrogen) atoms. The van der Waals surface area contributed by atoms with E-state index < -0.39 is 0 Å². The summed E-state index contributed by atoms with van der Waals surface area (Å²) in [5, 5.41) is 17.5. The van der Waals surface area contributed by atoms with Gasteiger partial charge in [0.25, 0.3) is 0 Å². The lowest BCUT2D eigenvalue weighted by Crippen LogP contribution is -2.24. The maximum absolute atomic E-state index is 8.75. The molecule has 0 aliphatic carbocycles. The van der Waals surface area contributed by atoms with E-state index >= 15 is 0 Å². The summed E-state index contributed by atoms with van der Waals surface area (Å²) in [7, 11) is 0. The van der Waals surface area contributed by atoms with Crippen LogP contribution < -0.4 is 15.4 Å². The molecule has 0 aromatic heterocycles. The van der Waals surface area contributed by atoms with E-state index in [1.807, 2.05) is 19.1 Å². The molecular formula is C13H16N4O. The van der Waals surface area contributed by atoms with Crippen LogP contribution >= 0.6 is 0 Å². The molecule has 0 aliphatic rings. The molecule has 0 amide bonds. The summed E-state index contributed by atoms with van der Waals surface area (Å²) in [6.07, 6.45) is 0.893. The molecule has 0 unspecified atom stereocenters. The number of hydrogen-bond donors (Lipinski definition) is 1. The fourth-order valence-electron chi connectivity index (χ4n) is 1.54. The zero-order chi connectivity index (χ0) is 13.4. The normalized spacial score (nSPS) is 9.28. The minimum absolute atomic E-state index is 0.120. The Morgan fingerprint density at radius 3 is 2.50 bits per heavy atom. The average molecular weight is 244 g/mol. The van der Waals surface area contributed by atoms with E-state index in [1.165, 1.54) is 0 Å². The lowest BCUT2D eigenvalue weighted by atomic mass is 10.2. The van der Waals surface area contributed by atoms with Crippen LogP contribution in [0.5, 0.6) is 5.75 Å². The molecule has 5 nitrogen and oxygen atoms in total. The van der Waals surface area contributed by atoms with E-state index in [0.717, 1.165) is 6.42 Å². The van der Waals surface area contributed by atoms with Crippen LogP contribution in [0.2, 0.25) is 0 Å². The quantitative estimate of drug-likeness (QED) is 0.610. The molecular weight excluding hydrogens is 228 g/mol. The summed E-state index contributed by atoms with van der Waals surface area (Å²) >= 11 is 0. The monoisotopic (exact) mass is 244 g/mol. The molecule has 0 heterocycles. The average Bonchev–Trinajstić information content (AvgIpc) is 2.37.